The van der Waals surface area contributed by atoms with Crippen molar-refractivity contribution in [3.05, 3.63) is 78.5 Å². The number of sulfonamides is 1. The quantitative estimate of drug-likeness (QED) is 0.583. The van der Waals surface area contributed by atoms with Gasteiger partial charge in [-0.2, -0.15) is 5.26 Å². The summed E-state index contributed by atoms with van der Waals surface area (Å²) in [4.78, 5) is 19.4. The number of carbonyl (C=O) groups excluding carboxylic acids is 1. The van der Waals surface area contributed by atoms with Crippen LogP contribution in [0.1, 0.15) is 18.4 Å². The van der Waals surface area contributed by atoms with Crippen LogP contribution in [0.5, 0.6) is 0 Å². The summed E-state index contributed by atoms with van der Waals surface area (Å²) in [6.45, 7) is 1.35. The number of hydrogen-bond acceptors (Lipinski definition) is 6. The summed E-state index contributed by atoms with van der Waals surface area (Å²) in [5, 5.41) is 11.8. The molecule has 174 valence electrons. The van der Waals surface area contributed by atoms with Crippen molar-refractivity contribution < 1.29 is 13.2 Å². The third-order valence-corrected chi connectivity index (χ3v) is 7.73. The summed E-state index contributed by atoms with van der Waals surface area (Å²) in [6.07, 6.45) is 2.86. The minimum atomic E-state index is -3.77. The second kappa shape index (κ2) is 9.93. The molecule has 2 heterocycles. The van der Waals surface area contributed by atoms with Gasteiger partial charge in [-0.25, -0.2) is 13.4 Å². The summed E-state index contributed by atoms with van der Waals surface area (Å²) < 4.78 is 27.4. The van der Waals surface area contributed by atoms with Crippen LogP contribution in [0.3, 0.4) is 0 Å². The minimum Gasteiger partial charge on any atom is -0.357 e. The van der Waals surface area contributed by atoms with Crippen molar-refractivity contribution in [2.24, 2.45) is 5.92 Å². The molecule has 0 radical (unpaired) electrons. The molecule has 0 aliphatic carbocycles. The number of amides is 1. The standard InChI is InChI=1S/C25H25N5O3S/c1-29(22-7-3-2-4-8-22)34(32,33)23-9-5-6-21(16-23)28-25(31)20-12-14-30(15-13-20)24-11-10-19(17-26)18-27-24/h2-11,16,18,20H,12-15H2,1H3,(H,28,31). The first-order chi connectivity index (χ1) is 16.4. The van der Waals surface area contributed by atoms with E-state index >= 15 is 0 Å². The van der Waals surface area contributed by atoms with Gasteiger partial charge < -0.3 is 10.2 Å². The Morgan fingerprint density at radius 2 is 1.82 bits per heavy atom. The van der Waals surface area contributed by atoms with Crippen molar-refractivity contribution in [2.45, 2.75) is 17.7 Å². The highest BCUT2D eigenvalue weighted by atomic mass is 32.2. The molecule has 4 rings (SSSR count). The fourth-order valence-electron chi connectivity index (χ4n) is 3.92. The molecule has 3 aromatic rings. The van der Waals surface area contributed by atoms with E-state index in [9.17, 15) is 13.2 Å². The summed E-state index contributed by atoms with van der Waals surface area (Å²) >= 11 is 0. The van der Waals surface area contributed by atoms with Gasteiger partial charge in [-0.1, -0.05) is 24.3 Å². The SMILES string of the molecule is CN(c1ccccc1)S(=O)(=O)c1cccc(NC(=O)C2CCN(c3ccc(C#N)cn3)CC2)c1. The minimum absolute atomic E-state index is 0.110. The van der Waals surface area contributed by atoms with Gasteiger partial charge in [-0.15, -0.1) is 0 Å². The molecule has 34 heavy (non-hydrogen) atoms. The Balaban J connectivity index is 1.39. The number of benzene rings is 2. The van der Waals surface area contributed by atoms with Crippen LogP contribution in [0.2, 0.25) is 0 Å². The molecule has 0 spiro atoms. The maximum Gasteiger partial charge on any atom is 0.264 e. The van der Waals surface area contributed by atoms with Crippen LogP contribution < -0.4 is 14.5 Å². The highest BCUT2D eigenvalue weighted by Gasteiger charge is 2.26. The van der Waals surface area contributed by atoms with Gasteiger partial charge in [0.1, 0.15) is 11.9 Å². The van der Waals surface area contributed by atoms with E-state index in [-0.39, 0.29) is 16.7 Å². The molecule has 1 aromatic heterocycles. The Bertz CT molecular complexity index is 1300. The van der Waals surface area contributed by atoms with Gasteiger partial charge in [0.25, 0.3) is 10.0 Å². The number of piperidine rings is 1. The van der Waals surface area contributed by atoms with E-state index in [4.69, 9.17) is 5.26 Å². The number of nitrogens with zero attached hydrogens (tertiary/aromatic N) is 4. The predicted octanol–water partition coefficient (Wildman–Crippen LogP) is 3.63. The lowest BCUT2D eigenvalue weighted by molar-refractivity contribution is -0.120. The molecule has 1 saturated heterocycles. The second-order valence-corrected chi connectivity index (χ2v) is 10.1. The van der Waals surface area contributed by atoms with Gasteiger partial charge in [-0.3, -0.25) is 9.10 Å². The van der Waals surface area contributed by atoms with Crippen molar-refractivity contribution in [2.75, 3.05) is 34.7 Å². The van der Waals surface area contributed by atoms with Crippen LogP contribution in [-0.4, -0.2) is 39.4 Å². The zero-order valence-corrected chi connectivity index (χ0v) is 19.6. The number of para-hydroxylation sites is 1. The maximum atomic E-state index is 13.1. The average molecular weight is 476 g/mol. The molecule has 1 N–H and O–H groups in total. The number of aromatic nitrogens is 1. The average Bonchev–Trinajstić information content (AvgIpc) is 2.89. The van der Waals surface area contributed by atoms with E-state index < -0.39 is 10.0 Å². The van der Waals surface area contributed by atoms with Gasteiger partial charge in [0.2, 0.25) is 5.91 Å². The van der Waals surface area contributed by atoms with Crippen LogP contribution in [0, 0.1) is 17.2 Å². The molecule has 1 amide bonds. The fourth-order valence-corrected chi connectivity index (χ4v) is 5.17. The van der Waals surface area contributed by atoms with E-state index in [1.54, 1.807) is 48.7 Å². The van der Waals surface area contributed by atoms with Crippen LogP contribution in [0.15, 0.2) is 77.8 Å². The first-order valence-corrected chi connectivity index (χ1v) is 12.4. The molecule has 0 atom stereocenters. The first-order valence-electron chi connectivity index (χ1n) is 10.9. The molecule has 0 unspecified atom stereocenters. The predicted molar refractivity (Wildman–Crippen MR) is 131 cm³/mol. The van der Waals surface area contributed by atoms with Crippen LogP contribution >= 0.6 is 0 Å². The van der Waals surface area contributed by atoms with Crippen molar-refractivity contribution >= 4 is 33.1 Å². The summed E-state index contributed by atoms with van der Waals surface area (Å²) in [5.41, 5.74) is 1.52. The molecule has 2 aromatic carbocycles. The van der Waals surface area contributed by atoms with E-state index in [2.05, 4.69) is 21.3 Å². The van der Waals surface area contributed by atoms with Gasteiger partial charge in [-0.05, 0) is 55.3 Å². The smallest absolute Gasteiger partial charge is 0.264 e. The van der Waals surface area contributed by atoms with Gasteiger partial charge >= 0.3 is 0 Å². The molecule has 1 aliphatic heterocycles. The topological polar surface area (TPSA) is 106 Å². The molecule has 1 aliphatic rings. The lowest BCUT2D eigenvalue weighted by atomic mass is 9.95. The number of pyridine rings is 1. The largest absolute Gasteiger partial charge is 0.357 e. The number of hydrogen-bond donors (Lipinski definition) is 1. The van der Waals surface area contributed by atoms with Crippen molar-refractivity contribution in [1.29, 1.82) is 5.26 Å². The molecular weight excluding hydrogens is 450 g/mol. The fraction of sp³-hybridized carbons (Fsp3) is 0.240. The number of nitriles is 1. The van der Waals surface area contributed by atoms with Crippen molar-refractivity contribution in [3.8, 4) is 6.07 Å². The summed E-state index contributed by atoms with van der Waals surface area (Å²) in [5.74, 6) is 0.485. The van der Waals surface area contributed by atoms with Gasteiger partial charge in [0.15, 0.2) is 0 Å². The van der Waals surface area contributed by atoms with Crippen LogP contribution in [0.4, 0.5) is 17.2 Å². The third kappa shape index (κ3) is 5.02. The second-order valence-electron chi connectivity index (χ2n) is 8.10. The van der Waals surface area contributed by atoms with Crippen LogP contribution in [0.25, 0.3) is 0 Å². The lowest BCUT2D eigenvalue weighted by Gasteiger charge is -2.32. The molecule has 1 fully saturated rings. The first kappa shape index (κ1) is 23.3. The van der Waals surface area contributed by atoms with E-state index in [0.717, 1.165) is 5.82 Å². The Morgan fingerprint density at radius 1 is 1.09 bits per heavy atom. The molecule has 0 saturated carbocycles. The zero-order chi connectivity index (χ0) is 24.1. The maximum absolute atomic E-state index is 13.1. The van der Waals surface area contributed by atoms with Gasteiger partial charge in [0, 0.05) is 37.9 Å². The Hall–Kier alpha value is -3.90. The normalized spacial score (nSPS) is 14.3. The number of carbonyl (C=O) groups is 1. The highest BCUT2D eigenvalue weighted by Crippen LogP contribution is 2.26. The number of anilines is 3. The van der Waals surface area contributed by atoms with Crippen molar-refractivity contribution in [1.82, 2.24) is 4.98 Å². The van der Waals surface area contributed by atoms with E-state index in [1.807, 2.05) is 12.1 Å². The monoisotopic (exact) mass is 475 g/mol. The molecule has 8 nitrogen and oxygen atoms in total. The third-order valence-electron chi connectivity index (χ3n) is 5.95. The van der Waals surface area contributed by atoms with Gasteiger partial charge in [0.05, 0.1) is 16.1 Å². The van der Waals surface area contributed by atoms with Crippen LogP contribution in [-0.2, 0) is 14.8 Å². The Morgan fingerprint density at radius 3 is 2.47 bits per heavy atom. The number of nitrogens with one attached hydrogen (secondary N) is 1. The molecular formula is C25H25N5O3S. The Labute approximate surface area is 199 Å². The van der Waals surface area contributed by atoms with Crippen molar-refractivity contribution in [3.63, 3.8) is 0 Å². The van der Waals surface area contributed by atoms with E-state index in [1.165, 1.54) is 23.5 Å². The lowest BCUT2D eigenvalue weighted by Crippen LogP contribution is -2.38. The molecule has 9 heteroatoms. The highest BCUT2D eigenvalue weighted by molar-refractivity contribution is 7.92. The zero-order valence-electron chi connectivity index (χ0n) is 18.8. The van der Waals surface area contributed by atoms with E-state index in [0.29, 0.717) is 42.9 Å². The molecule has 0 bridgehead atoms. The number of rotatable bonds is 6. The summed E-state index contributed by atoms with van der Waals surface area (Å²) in [7, 11) is -2.26. The summed E-state index contributed by atoms with van der Waals surface area (Å²) in [6, 6.07) is 20.8. The Kier molecular flexibility index (Phi) is 6.80.